The SMILES string of the molecule is Cn1cc2c(F)c(-c3cn4cc(C5CCN(C(=O)OC(C)(C)C)CC5)nc4s3)ccc2n1. The van der Waals surface area contributed by atoms with Crippen LogP contribution in [0.5, 0.6) is 0 Å². The number of aromatic nitrogens is 4. The Bertz CT molecular complexity index is 1280. The van der Waals surface area contributed by atoms with Crippen molar-refractivity contribution in [2.24, 2.45) is 7.05 Å². The van der Waals surface area contributed by atoms with Crippen LogP contribution in [-0.4, -0.2) is 48.8 Å². The second-order valence-corrected chi connectivity index (χ2v) is 10.4. The smallest absolute Gasteiger partial charge is 0.410 e. The highest BCUT2D eigenvalue weighted by Crippen LogP contribution is 2.35. The lowest BCUT2D eigenvalue weighted by atomic mass is 9.94. The molecule has 1 aliphatic rings. The molecule has 1 aliphatic heterocycles. The zero-order valence-electron chi connectivity index (χ0n) is 18.6. The molecule has 0 radical (unpaired) electrons. The summed E-state index contributed by atoms with van der Waals surface area (Å²) in [6.07, 6.45) is 7.12. The van der Waals surface area contributed by atoms with Gasteiger partial charge in [0.05, 0.1) is 21.5 Å². The largest absolute Gasteiger partial charge is 0.444 e. The van der Waals surface area contributed by atoms with E-state index in [1.807, 2.05) is 43.6 Å². The van der Waals surface area contributed by atoms with Gasteiger partial charge in [0.15, 0.2) is 4.96 Å². The number of carbonyl (C=O) groups excluding carboxylic acids is 1. The number of amides is 1. The molecule has 4 aromatic rings. The van der Waals surface area contributed by atoms with Crippen molar-refractivity contribution >= 4 is 33.3 Å². The Labute approximate surface area is 189 Å². The molecule has 7 nitrogen and oxygen atoms in total. The summed E-state index contributed by atoms with van der Waals surface area (Å²) in [5.41, 5.74) is 1.75. The predicted molar refractivity (Wildman–Crippen MR) is 123 cm³/mol. The maximum Gasteiger partial charge on any atom is 0.410 e. The molecule has 1 fully saturated rings. The lowest BCUT2D eigenvalue weighted by Gasteiger charge is -2.32. The second kappa shape index (κ2) is 7.58. The Kier molecular flexibility index (Phi) is 4.96. The van der Waals surface area contributed by atoms with E-state index >= 15 is 4.39 Å². The van der Waals surface area contributed by atoms with Crippen LogP contribution >= 0.6 is 11.3 Å². The molecular weight excluding hydrogens is 429 g/mol. The number of fused-ring (bicyclic) bond motifs is 2. The normalized spacial score (nSPS) is 15.7. The Morgan fingerprint density at radius 1 is 1.19 bits per heavy atom. The van der Waals surface area contributed by atoms with Gasteiger partial charge in [-0.3, -0.25) is 9.08 Å². The summed E-state index contributed by atoms with van der Waals surface area (Å²) in [4.78, 5) is 20.6. The maximum absolute atomic E-state index is 15.1. The number of rotatable bonds is 2. The molecular formula is C23H26FN5O2S. The average Bonchev–Trinajstić information content (AvgIpc) is 3.39. The molecule has 1 aromatic carbocycles. The van der Waals surface area contributed by atoms with Crippen LogP contribution in [0.1, 0.15) is 45.2 Å². The third kappa shape index (κ3) is 3.85. The summed E-state index contributed by atoms with van der Waals surface area (Å²) >= 11 is 1.48. The third-order valence-electron chi connectivity index (χ3n) is 5.74. The number of carbonyl (C=O) groups is 1. The van der Waals surface area contributed by atoms with Crippen molar-refractivity contribution in [1.82, 2.24) is 24.1 Å². The number of piperidine rings is 1. The number of aryl methyl sites for hydroxylation is 1. The highest BCUT2D eigenvalue weighted by atomic mass is 32.1. The fraction of sp³-hybridized carbons (Fsp3) is 0.435. The second-order valence-electron chi connectivity index (χ2n) is 9.36. The number of likely N-dealkylation sites (tertiary alicyclic amines) is 1. The molecule has 1 amide bonds. The van der Waals surface area contributed by atoms with E-state index in [4.69, 9.17) is 9.72 Å². The van der Waals surface area contributed by atoms with Crippen LogP contribution < -0.4 is 0 Å². The lowest BCUT2D eigenvalue weighted by molar-refractivity contribution is 0.0204. The van der Waals surface area contributed by atoms with E-state index in [0.717, 1.165) is 28.4 Å². The molecule has 1 saturated heterocycles. The molecule has 0 atom stereocenters. The monoisotopic (exact) mass is 455 g/mol. The number of ether oxygens (including phenoxy) is 1. The molecule has 0 N–H and O–H groups in total. The molecule has 168 valence electrons. The summed E-state index contributed by atoms with van der Waals surface area (Å²) in [5.74, 6) is 0.0440. The van der Waals surface area contributed by atoms with Crippen LogP contribution in [0.15, 0.2) is 30.7 Å². The molecule has 0 bridgehead atoms. The molecule has 0 saturated carbocycles. The van der Waals surface area contributed by atoms with Crippen LogP contribution in [0, 0.1) is 5.82 Å². The van der Waals surface area contributed by atoms with Gasteiger partial charge in [0, 0.05) is 50.2 Å². The summed E-state index contributed by atoms with van der Waals surface area (Å²) in [6, 6.07) is 3.63. The van der Waals surface area contributed by atoms with Crippen molar-refractivity contribution < 1.29 is 13.9 Å². The minimum atomic E-state index is -0.485. The molecule has 0 unspecified atom stereocenters. The number of benzene rings is 1. The lowest BCUT2D eigenvalue weighted by Crippen LogP contribution is -2.41. The van der Waals surface area contributed by atoms with E-state index < -0.39 is 5.60 Å². The average molecular weight is 456 g/mol. The zero-order chi connectivity index (χ0) is 22.6. The first-order valence-corrected chi connectivity index (χ1v) is 11.6. The van der Waals surface area contributed by atoms with E-state index in [0.29, 0.717) is 35.5 Å². The van der Waals surface area contributed by atoms with Crippen molar-refractivity contribution in [3.63, 3.8) is 0 Å². The van der Waals surface area contributed by atoms with Crippen LogP contribution in [0.4, 0.5) is 9.18 Å². The maximum atomic E-state index is 15.1. The Morgan fingerprint density at radius 2 is 1.94 bits per heavy atom. The van der Waals surface area contributed by atoms with Gasteiger partial charge in [-0.25, -0.2) is 14.2 Å². The minimum Gasteiger partial charge on any atom is -0.444 e. The minimum absolute atomic E-state index is 0.251. The zero-order valence-corrected chi connectivity index (χ0v) is 19.4. The van der Waals surface area contributed by atoms with Crippen LogP contribution in [0.3, 0.4) is 0 Å². The number of thiazole rings is 1. The third-order valence-corrected chi connectivity index (χ3v) is 6.77. The summed E-state index contributed by atoms with van der Waals surface area (Å²) in [5, 5.41) is 4.79. The van der Waals surface area contributed by atoms with Gasteiger partial charge in [0.1, 0.15) is 11.4 Å². The first-order chi connectivity index (χ1) is 15.2. The van der Waals surface area contributed by atoms with Gasteiger partial charge < -0.3 is 9.64 Å². The Morgan fingerprint density at radius 3 is 2.62 bits per heavy atom. The van der Waals surface area contributed by atoms with E-state index in [-0.39, 0.29) is 11.9 Å². The number of nitrogens with zero attached hydrogens (tertiary/aromatic N) is 5. The summed E-state index contributed by atoms with van der Waals surface area (Å²) in [6.45, 7) is 6.96. The molecule has 32 heavy (non-hydrogen) atoms. The number of hydrogen-bond donors (Lipinski definition) is 0. The fourth-order valence-electron chi connectivity index (χ4n) is 4.19. The highest BCUT2D eigenvalue weighted by molar-refractivity contribution is 7.20. The molecule has 4 heterocycles. The number of halogens is 1. The summed E-state index contributed by atoms with van der Waals surface area (Å²) in [7, 11) is 1.79. The van der Waals surface area contributed by atoms with Crippen molar-refractivity contribution in [2.45, 2.75) is 45.1 Å². The Balaban J connectivity index is 1.32. The molecule has 0 spiro atoms. The van der Waals surface area contributed by atoms with Gasteiger partial charge in [0.25, 0.3) is 0 Å². The van der Waals surface area contributed by atoms with Crippen molar-refractivity contribution in [2.75, 3.05) is 13.1 Å². The van der Waals surface area contributed by atoms with E-state index in [1.165, 1.54) is 11.3 Å². The first-order valence-electron chi connectivity index (χ1n) is 10.8. The number of imidazole rings is 1. The highest BCUT2D eigenvalue weighted by Gasteiger charge is 2.29. The van der Waals surface area contributed by atoms with Crippen LogP contribution in [0.2, 0.25) is 0 Å². The molecule has 0 aliphatic carbocycles. The predicted octanol–water partition coefficient (Wildman–Crippen LogP) is 5.20. The van der Waals surface area contributed by atoms with E-state index in [1.54, 1.807) is 28.9 Å². The topological polar surface area (TPSA) is 64.7 Å². The summed E-state index contributed by atoms with van der Waals surface area (Å²) < 4.78 is 24.1. The Hall–Kier alpha value is -2.94. The van der Waals surface area contributed by atoms with Crippen molar-refractivity contribution in [3.8, 4) is 10.4 Å². The molecule has 5 rings (SSSR count). The van der Waals surface area contributed by atoms with Crippen LogP contribution in [-0.2, 0) is 11.8 Å². The quantitative estimate of drug-likeness (QED) is 0.417. The van der Waals surface area contributed by atoms with Crippen molar-refractivity contribution in [3.05, 3.63) is 42.2 Å². The van der Waals surface area contributed by atoms with Gasteiger partial charge in [0.2, 0.25) is 0 Å². The van der Waals surface area contributed by atoms with E-state index in [9.17, 15) is 4.79 Å². The van der Waals surface area contributed by atoms with Gasteiger partial charge in [-0.15, -0.1) is 0 Å². The first kappa shape index (κ1) is 20.9. The van der Waals surface area contributed by atoms with E-state index in [2.05, 4.69) is 5.10 Å². The molecule has 9 heteroatoms. The fourth-order valence-corrected chi connectivity index (χ4v) is 5.18. The van der Waals surface area contributed by atoms with Gasteiger partial charge >= 0.3 is 6.09 Å². The van der Waals surface area contributed by atoms with Gasteiger partial charge in [-0.05, 0) is 45.7 Å². The van der Waals surface area contributed by atoms with Gasteiger partial charge in [-0.1, -0.05) is 11.3 Å². The number of hydrogen-bond acceptors (Lipinski definition) is 5. The van der Waals surface area contributed by atoms with Crippen molar-refractivity contribution in [1.29, 1.82) is 0 Å². The molecule has 3 aromatic heterocycles. The standard InChI is InChI=1S/C23H26FN5O2S/c1-23(2,3)31-22(30)28-9-7-14(8-10-28)18-12-29-13-19(32-21(29)25-18)15-5-6-17-16(20(15)24)11-27(4)26-17/h5-6,11-14H,7-10H2,1-4H3. The van der Waals surface area contributed by atoms with Crippen LogP contribution in [0.25, 0.3) is 26.3 Å². The van der Waals surface area contributed by atoms with Gasteiger partial charge in [-0.2, -0.15) is 5.10 Å².